The van der Waals surface area contributed by atoms with Crippen LogP contribution in [0.2, 0.25) is 0 Å². The van der Waals surface area contributed by atoms with E-state index in [1.165, 1.54) is 0 Å². The summed E-state index contributed by atoms with van der Waals surface area (Å²) in [5.74, 6) is -0.148. The maximum Gasteiger partial charge on any atom is 0.197 e. The van der Waals surface area contributed by atoms with E-state index in [1.54, 1.807) is 11.8 Å². The average molecular weight is 336 g/mol. The highest BCUT2D eigenvalue weighted by atomic mass is 32.2. The standard InChI is InChI=1S/C21H20O2S/c1-14-8-6-11-17(15(14)2)21(23)20-18(22)12-7-13-19(20)24-16-9-4-3-5-10-16/h3-6,8-11H,7,12-13H2,1-2H3. The lowest BCUT2D eigenvalue weighted by molar-refractivity contribution is -0.115. The molecule has 0 radical (unpaired) electrons. The molecule has 2 aromatic carbocycles. The Bertz CT molecular complexity index is 819. The molecule has 2 aromatic rings. The van der Waals surface area contributed by atoms with Crippen molar-refractivity contribution < 1.29 is 9.59 Å². The molecule has 0 heterocycles. The van der Waals surface area contributed by atoms with Crippen LogP contribution in [0.25, 0.3) is 0 Å². The highest BCUT2D eigenvalue weighted by Gasteiger charge is 2.28. The summed E-state index contributed by atoms with van der Waals surface area (Å²) in [7, 11) is 0. The third kappa shape index (κ3) is 3.36. The minimum absolute atomic E-state index is 0.0226. The fourth-order valence-corrected chi connectivity index (χ4v) is 4.07. The molecular formula is C21H20O2S. The molecule has 0 fully saturated rings. The van der Waals surface area contributed by atoms with E-state index in [1.807, 2.05) is 62.4 Å². The summed E-state index contributed by atoms with van der Waals surface area (Å²) in [5, 5.41) is 0. The number of hydrogen-bond acceptors (Lipinski definition) is 3. The molecule has 3 heteroatoms. The van der Waals surface area contributed by atoms with Crippen molar-refractivity contribution in [1.82, 2.24) is 0 Å². The van der Waals surface area contributed by atoms with Crippen molar-refractivity contribution in [2.45, 2.75) is 38.0 Å². The normalized spacial score (nSPS) is 14.8. The van der Waals surface area contributed by atoms with Crippen molar-refractivity contribution >= 4 is 23.3 Å². The molecule has 122 valence electrons. The molecule has 0 N–H and O–H groups in total. The van der Waals surface area contributed by atoms with Crippen LogP contribution in [0.5, 0.6) is 0 Å². The Morgan fingerprint density at radius 1 is 0.958 bits per heavy atom. The molecule has 2 nitrogen and oxygen atoms in total. The van der Waals surface area contributed by atoms with Crippen LogP contribution in [0, 0.1) is 13.8 Å². The molecule has 0 bridgehead atoms. The Kier molecular flexibility index (Phi) is 5.00. The second kappa shape index (κ2) is 7.18. The smallest absolute Gasteiger partial charge is 0.197 e. The van der Waals surface area contributed by atoms with E-state index in [-0.39, 0.29) is 11.6 Å². The second-order valence-corrected chi connectivity index (χ2v) is 7.23. The van der Waals surface area contributed by atoms with Gasteiger partial charge in [0.15, 0.2) is 11.6 Å². The van der Waals surface area contributed by atoms with Gasteiger partial charge in [0, 0.05) is 21.8 Å². The summed E-state index contributed by atoms with van der Waals surface area (Å²) in [4.78, 5) is 27.6. The quantitative estimate of drug-likeness (QED) is 0.562. The third-order valence-corrected chi connectivity index (χ3v) is 5.59. The van der Waals surface area contributed by atoms with Crippen molar-refractivity contribution in [2.75, 3.05) is 0 Å². The molecule has 0 spiro atoms. The monoisotopic (exact) mass is 336 g/mol. The van der Waals surface area contributed by atoms with Gasteiger partial charge in [-0.3, -0.25) is 9.59 Å². The summed E-state index contributed by atoms with van der Waals surface area (Å²) < 4.78 is 0. The number of ketones is 2. The zero-order valence-corrected chi connectivity index (χ0v) is 14.8. The maximum atomic E-state index is 13.1. The van der Waals surface area contributed by atoms with Gasteiger partial charge >= 0.3 is 0 Å². The fourth-order valence-electron chi connectivity index (χ4n) is 2.93. The number of benzene rings is 2. The van der Waals surface area contributed by atoms with Crippen LogP contribution >= 0.6 is 11.8 Å². The van der Waals surface area contributed by atoms with Crippen LogP contribution in [0.15, 0.2) is 63.9 Å². The van der Waals surface area contributed by atoms with Gasteiger partial charge in [-0.25, -0.2) is 0 Å². The first-order valence-electron chi connectivity index (χ1n) is 8.18. The topological polar surface area (TPSA) is 34.1 Å². The Morgan fingerprint density at radius 2 is 1.71 bits per heavy atom. The molecule has 1 aliphatic carbocycles. The number of rotatable bonds is 4. The van der Waals surface area contributed by atoms with Crippen molar-refractivity contribution in [3.63, 3.8) is 0 Å². The van der Waals surface area contributed by atoms with Crippen molar-refractivity contribution in [1.29, 1.82) is 0 Å². The Hall–Kier alpha value is -2.13. The Balaban J connectivity index is 2.04. The number of hydrogen-bond donors (Lipinski definition) is 0. The lowest BCUT2D eigenvalue weighted by Gasteiger charge is -2.19. The summed E-state index contributed by atoms with van der Waals surface area (Å²) in [6.45, 7) is 3.93. The number of Topliss-reactive ketones (excluding diaryl/α,β-unsaturated/α-hetero) is 2. The second-order valence-electron chi connectivity index (χ2n) is 6.07. The molecule has 0 unspecified atom stereocenters. The molecule has 0 atom stereocenters. The zero-order chi connectivity index (χ0) is 17.1. The van der Waals surface area contributed by atoms with Crippen LogP contribution < -0.4 is 0 Å². The average Bonchev–Trinajstić information content (AvgIpc) is 2.58. The van der Waals surface area contributed by atoms with E-state index < -0.39 is 0 Å². The molecule has 0 saturated carbocycles. The van der Waals surface area contributed by atoms with E-state index in [0.717, 1.165) is 33.8 Å². The van der Waals surface area contributed by atoms with Gasteiger partial charge in [-0.15, -0.1) is 0 Å². The fraction of sp³-hybridized carbons (Fsp3) is 0.238. The van der Waals surface area contributed by atoms with Crippen LogP contribution in [0.1, 0.15) is 40.7 Å². The van der Waals surface area contributed by atoms with Gasteiger partial charge in [-0.05, 0) is 49.9 Å². The number of carbonyl (C=O) groups is 2. The first kappa shape index (κ1) is 16.7. The molecule has 24 heavy (non-hydrogen) atoms. The molecule has 3 rings (SSSR count). The molecule has 0 saturated heterocycles. The van der Waals surface area contributed by atoms with Crippen LogP contribution in [0.4, 0.5) is 0 Å². The SMILES string of the molecule is Cc1cccc(C(=O)C2=C(Sc3ccccc3)CCCC2=O)c1C. The zero-order valence-electron chi connectivity index (χ0n) is 14.0. The summed E-state index contributed by atoms with van der Waals surface area (Å²) in [6.07, 6.45) is 2.07. The van der Waals surface area contributed by atoms with E-state index >= 15 is 0 Å². The predicted molar refractivity (Wildman–Crippen MR) is 98.4 cm³/mol. The number of aryl methyl sites for hydroxylation is 1. The van der Waals surface area contributed by atoms with Crippen LogP contribution in [-0.2, 0) is 4.79 Å². The van der Waals surface area contributed by atoms with Crippen LogP contribution in [-0.4, -0.2) is 11.6 Å². The number of carbonyl (C=O) groups excluding carboxylic acids is 2. The molecule has 0 aliphatic heterocycles. The first-order valence-corrected chi connectivity index (χ1v) is 8.99. The van der Waals surface area contributed by atoms with Gasteiger partial charge in [0.2, 0.25) is 0 Å². The highest BCUT2D eigenvalue weighted by molar-refractivity contribution is 8.03. The van der Waals surface area contributed by atoms with Crippen LogP contribution in [0.3, 0.4) is 0 Å². The van der Waals surface area contributed by atoms with E-state index in [2.05, 4.69) is 0 Å². The predicted octanol–water partition coefficient (Wildman–Crippen LogP) is 5.29. The summed E-state index contributed by atoms with van der Waals surface area (Å²) >= 11 is 1.55. The Morgan fingerprint density at radius 3 is 2.46 bits per heavy atom. The molecule has 0 amide bonds. The van der Waals surface area contributed by atoms with E-state index in [9.17, 15) is 9.59 Å². The minimum Gasteiger partial charge on any atom is -0.294 e. The van der Waals surface area contributed by atoms with Gasteiger partial charge in [0.05, 0.1) is 5.57 Å². The van der Waals surface area contributed by atoms with Gasteiger partial charge in [-0.1, -0.05) is 48.2 Å². The number of allylic oxidation sites excluding steroid dienone is 2. The van der Waals surface area contributed by atoms with Gasteiger partial charge in [0.25, 0.3) is 0 Å². The van der Waals surface area contributed by atoms with Crippen molar-refractivity contribution in [3.8, 4) is 0 Å². The molecular weight excluding hydrogens is 316 g/mol. The maximum absolute atomic E-state index is 13.1. The van der Waals surface area contributed by atoms with Crippen molar-refractivity contribution in [2.24, 2.45) is 0 Å². The number of thioether (sulfide) groups is 1. The van der Waals surface area contributed by atoms with Gasteiger partial charge < -0.3 is 0 Å². The lowest BCUT2D eigenvalue weighted by Crippen LogP contribution is -2.19. The summed E-state index contributed by atoms with van der Waals surface area (Å²) in [6, 6.07) is 15.6. The van der Waals surface area contributed by atoms with Gasteiger partial charge in [0.1, 0.15) is 0 Å². The van der Waals surface area contributed by atoms with E-state index in [0.29, 0.717) is 17.6 Å². The highest BCUT2D eigenvalue weighted by Crippen LogP contribution is 2.37. The molecule has 1 aliphatic rings. The summed E-state index contributed by atoms with van der Waals surface area (Å²) in [5.41, 5.74) is 3.06. The molecule has 0 aromatic heterocycles. The minimum atomic E-state index is -0.126. The third-order valence-electron chi connectivity index (χ3n) is 4.43. The van der Waals surface area contributed by atoms with E-state index in [4.69, 9.17) is 0 Å². The first-order chi connectivity index (χ1) is 11.6. The van der Waals surface area contributed by atoms with Crippen molar-refractivity contribution in [3.05, 3.63) is 75.7 Å². The largest absolute Gasteiger partial charge is 0.294 e. The van der Waals surface area contributed by atoms with Gasteiger partial charge in [-0.2, -0.15) is 0 Å². The lowest BCUT2D eigenvalue weighted by atomic mass is 9.89. The Labute approximate surface area is 147 Å².